The first kappa shape index (κ1) is 14.8. The Hall–Kier alpha value is -1.10. The van der Waals surface area contributed by atoms with E-state index in [1.54, 1.807) is 0 Å². The van der Waals surface area contributed by atoms with Gasteiger partial charge in [-0.15, -0.1) is 12.4 Å². The van der Waals surface area contributed by atoms with E-state index >= 15 is 0 Å². The molecule has 3 aliphatic rings. The Kier molecular flexibility index (Phi) is 4.20. The Balaban J connectivity index is 0.00000132. The van der Waals surface area contributed by atoms with Gasteiger partial charge in [0.25, 0.3) is 5.91 Å². The van der Waals surface area contributed by atoms with Gasteiger partial charge >= 0.3 is 0 Å². The number of nitrogens with one attached hydrogen (secondary N) is 1. The van der Waals surface area contributed by atoms with Crippen LogP contribution in [0.1, 0.15) is 17.2 Å². The standard InChI is InChI=1S/C16H20N2O2.ClH/c19-16(18-9-12-7-17-8-13(12)10-18)15-14-4-2-1-3-11(14)5-6-20-15;/h1-4,12-13,15,17H,5-10H2;1H/t12-,13+,15?;. The third-order valence-corrected chi connectivity index (χ3v) is 4.92. The largest absolute Gasteiger partial charge is 0.363 e. The number of carbonyl (C=O) groups excluding carboxylic acids is 1. The molecule has 1 amide bonds. The lowest BCUT2D eigenvalue weighted by Crippen LogP contribution is -2.38. The van der Waals surface area contributed by atoms with E-state index in [4.69, 9.17) is 4.74 Å². The molecular weight excluding hydrogens is 288 g/mol. The molecule has 0 bridgehead atoms. The molecule has 21 heavy (non-hydrogen) atoms. The Labute approximate surface area is 131 Å². The molecule has 1 aromatic rings. The maximum atomic E-state index is 12.8. The Morgan fingerprint density at radius 1 is 1.19 bits per heavy atom. The van der Waals surface area contributed by atoms with Gasteiger partial charge in [0.05, 0.1) is 6.61 Å². The third kappa shape index (κ3) is 2.56. The predicted octanol–water partition coefficient (Wildman–Crippen LogP) is 1.40. The molecule has 0 saturated carbocycles. The summed E-state index contributed by atoms with van der Waals surface area (Å²) in [7, 11) is 0. The number of benzene rings is 1. The van der Waals surface area contributed by atoms with Gasteiger partial charge in [0, 0.05) is 26.2 Å². The Morgan fingerprint density at radius 2 is 1.90 bits per heavy atom. The highest BCUT2D eigenvalue weighted by molar-refractivity contribution is 5.85. The monoisotopic (exact) mass is 308 g/mol. The number of nitrogens with zero attached hydrogens (tertiary/aromatic N) is 1. The maximum absolute atomic E-state index is 12.8. The fourth-order valence-corrected chi connectivity index (χ4v) is 3.80. The molecule has 4 rings (SSSR count). The molecule has 0 aliphatic carbocycles. The molecule has 114 valence electrons. The normalized spacial score (nSPS) is 30.5. The van der Waals surface area contributed by atoms with Crippen LogP contribution in [0.5, 0.6) is 0 Å². The SMILES string of the molecule is Cl.O=C(C1OCCc2ccccc21)N1C[C@H]2CNC[C@H]2C1. The fraction of sp³-hybridized carbons (Fsp3) is 0.562. The summed E-state index contributed by atoms with van der Waals surface area (Å²) >= 11 is 0. The van der Waals surface area contributed by atoms with Gasteiger partial charge < -0.3 is 15.0 Å². The Bertz CT molecular complexity index is 525. The van der Waals surface area contributed by atoms with Gasteiger partial charge in [0.1, 0.15) is 0 Å². The highest BCUT2D eigenvalue weighted by Gasteiger charge is 2.41. The van der Waals surface area contributed by atoms with Crippen LogP contribution in [0.3, 0.4) is 0 Å². The van der Waals surface area contributed by atoms with Gasteiger partial charge in [-0.1, -0.05) is 24.3 Å². The summed E-state index contributed by atoms with van der Waals surface area (Å²) in [5.74, 6) is 1.43. The molecule has 3 aliphatic heterocycles. The minimum Gasteiger partial charge on any atom is -0.363 e. The molecule has 3 heterocycles. The fourth-order valence-electron chi connectivity index (χ4n) is 3.80. The molecule has 5 heteroatoms. The van der Waals surface area contributed by atoms with Crippen LogP contribution in [0.2, 0.25) is 0 Å². The van der Waals surface area contributed by atoms with Crippen LogP contribution < -0.4 is 5.32 Å². The van der Waals surface area contributed by atoms with Crippen LogP contribution in [-0.4, -0.2) is 43.6 Å². The summed E-state index contributed by atoms with van der Waals surface area (Å²) in [6.45, 7) is 4.53. The molecule has 0 spiro atoms. The first-order valence-electron chi connectivity index (χ1n) is 7.52. The zero-order chi connectivity index (χ0) is 13.5. The minimum absolute atomic E-state index is 0. The van der Waals surface area contributed by atoms with Crippen LogP contribution in [0.4, 0.5) is 0 Å². The second-order valence-corrected chi connectivity index (χ2v) is 6.12. The van der Waals surface area contributed by atoms with Crippen molar-refractivity contribution in [2.45, 2.75) is 12.5 Å². The highest BCUT2D eigenvalue weighted by atomic mass is 35.5. The number of fused-ring (bicyclic) bond motifs is 2. The number of hydrogen-bond acceptors (Lipinski definition) is 3. The van der Waals surface area contributed by atoms with Crippen LogP contribution >= 0.6 is 12.4 Å². The summed E-state index contributed by atoms with van der Waals surface area (Å²) in [5.41, 5.74) is 2.33. The molecule has 0 radical (unpaired) electrons. The van der Waals surface area contributed by atoms with Gasteiger partial charge in [-0.25, -0.2) is 0 Å². The van der Waals surface area contributed by atoms with Gasteiger partial charge in [-0.2, -0.15) is 0 Å². The number of ether oxygens (including phenoxy) is 1. The van der Waals surface area contributed by atoms with Gasteiger partial charge in [-0.05, 0) is 29.4 Å². The first-order chi connectivity index (χ1) is 9.83. The number of carbonyl (C=O) groups is 1. The number of hydrogen-bond donors (Lipinski definition) is 1. The zero-order valence-corrected chi connectivity index (χ0v) is 12.8. The molecule has 3 atom stereocenters. The summed E-state index contributed by atoms with van der Waals surface area (Å²) < 4.78 is 5.79. The summed E-state index contributed by atoms with van der Waals surface area (Å²) in [6.07, 6.45) is 0.529. The Morgan fingerprint density at radius 3 is 2.67 bits per heavy atom. The molecule has 2 saturated heterocycles. The smallest absolute Gasteiger partial charge is 0.256 e. The molecule has 2 fully saturated rings. The molecule has 1 N–H and O–H groups in total. The lowest BCUT2D eigenvalue weighted by molar-refractivity contribution is -0.144. The van der Waals surface area contributed by atoms with Crippen molar-refractivity contribution in [2.75, 3.05) is 32.8 Å². The second-order valence-electron chi connectivity index (χ2n) is 6.12. The molecule has 1 aromatic carbocycles. The van der Waals surface area contributed by atoms with Crippen molar-refractivity contribution in [1.82, 2.24) is 10.2 Å². The lowest BCUT2D eigenvalue weighted by atomic mass is 9.97. The summed E-state index contributed by atoms with van der Waals surface area (Å²) in [4.78, 5) is 14.8. The zero-order valence-electron chi connectivity index (χ0n) is 12.0. The number of halogens is 1. The van der Waals surface area contributed by atoms with Crippen molar-refractivity contribution in [1.29, 1.82) is 0 Å². The predicted molar refractivity (Wildman–Crippen MR) is 82.5 cm³/mol. The quantitative estimate of drug-likeness (QED) is 0.853. The number of likely N-dealkylation sites (tertiary alicyclic amines) is 1. The van der Waals surface area contributed by atoms with E-state index in [1.807, 2.05) is 23.1 Å². The van der Waals surface area contributed by atoms with Gasteiger partial charge in [-0.3, -0.25) is 4.79 Å². The molecular formula is C16H21ClN2O2. The molecule has 1 unspecified atom stereocenters. The second kappa shape index (κ2) is 5.95. The maximum Gasteiger partial charge on any atom is 0.256 e. The van der Waals surface area contributed by atoms with Crippen LogP contribution in [0.25, 0.3) is 0 Å². The first-order valence-corrected chi connectivity index (χ1v) is 7.52. The van der Waals surface area contributed by atoms with Gasteiger partial charge in [0.2, 0.25) is 0 Å². The van der Waals surface area contributed by atoms with E-state index in [1.165, 1.54) is 5.56 Å². The van der Waals surface area contributed by atoms with Crippen molar-refractivity contribution >= 4 is 18.3 Å². The average Bonchev–Trinajstić information content (AvgIpc) is 3.07. The van der Waals surface area contributed by atoms with E-state index in [2.05, 4.69) is 11.4 Å². The molecule has 0 aromatic heterocycles. The van der Waals surface area contributed by atoms with Crippen LogP contribution in [0, 0.1) is 11.8 Å². The topological polar surface area (TPSA) is 41.6 Å². The van der Waals surface area contributed by atoms with E-state index in [9.17, 15) is 4.79 Å². The third-order valence-electron chi connectivity index (χ3n) is 4.92. The van der Waals surface area contributed by atoms with Crippen LogP contribution in [0.15, 0.2) is 24.3 Å². The minimum atomic E-state index is -0.383. The van der Waals surface area contributed by atoms with Gasteiger partial charge in [0.15, 0.2) is 6.10 Å². The van der Waals surface area contributed by atoms with E-state index in [0.717, 1.165) is 38.2 Å². The number of rotatable bonds is 1. The van der Waals surface area contributed by atoms with Crippen molar-refractivity contribution in [3.63, 3.8) is 0 Å². The van der Waals surface area contributed by atoms with E-state index in [0.29, 0.717) is 18.4 Å². The highest BCUT2D eigenvalue weighted by Crippen LogP contribution is 2.32. The average molecular weight is 309 g/mol. The van der Waals surface area contributed by atoms with Crippen molar-refractivity contribution in [2.24, 2.45) is 11.8 Å². The van der Waals surface area contributed by atoms with Crippen molar-refractivity contribution in [3.05, 3.63) is 35.4 Å². The molecule has 4 nitrogen and oxygen atoms in total. The van der Waals surface area contributed by atoms with Crippen molar-refractivity contribution < 1.29 is 9.53 Å². The number of amides is 1. The summed E-state index contributed by atoms with van der Waals surface area (Å²) in [5, 5.41) is 3.41. The van der Waals surface area contributed by atoms with E-state index in [-0.39, 0.29) is 24.4 Å². The van der Waals surface area contributed by atoms with E-state index < -0.39 is 0 Å². The summed E-state index contributed by atoms with van der Waals surface area (Å²) in [6, 6.07) is 8.18. The lowest BCUT2D eigenvalue weighted by Gasteiger charge is -2.29. The van der Waals surface area contributed by atoms with Crippen molar-refractivity contribution in [3.8, 4) is 0 Å². The van der Waals surface area contributed by atoms with Crippen LogP contribution in [-0.2, 0) is 16.0 Å².